The second-order valence-corrected chi connectivity index (χ2v) is 19.9. The van der Waals surface area contributed by atoms with Crippen LogP contribution >= 0.6 is 23.2 Å². The van der Waals surface area contributed by atoms with Crippen LogP contribution in [0.25, 0.3) is 43.8 Å². The summed E-state index contributed by atoms with van der Waals surface area (Å²) in [5.74, 6) is -2.44. The van der Waals surface area contributed by atoms with Crippen molar-refractivity contribution in [3.05, 3.63) is 198 Å². The summed E-state index contributed by atoms with van der Waals surface area (Å²) >= 11 is 13.9. The Balaban J connectivity index is 0.973. The van der Waals surface area contributed by atoms with Crippen LogP contribution < -0.4 is 20.9 Å². The molecule has 4 heterocycles. The molecule has 0 saturated carbocycles. The lowest BCUT2D eigenvalue weighted by Gasteiger charge is -2.25. The quantitative estimate of drug-likeness (QED) is 0.0768. The van der Waals surface area contributed by atoms with Gasteiger partial charge in [-0.2, -0.15) is 26.3 Å². The molecule has 10 nitrogen and oxygen atoms in total. The van der Waals surface area contributed by atoms with Gasteiger partial charge in [0.25, 0.3) is 11.1 Å². The molecule has 0 amide bonds. The summed E-state index contributed by atoms with van der Waals surface area (Å²) in [5.41, 5.74) is -0.987. The number of carbonyl (C=O) groups is 2. The second kappa shape index (κ2) is 20.5. The number of carboxylic acid groups (broad SMARTS) is 2. The number of unbranched alkanes of at least 4 members (excludes halogenated alkanes) is 3. The molecule has 0 fully saturated rings. The zero-order chi connectivity index (χ0) is 53.8. The Bertz CT molecular complexity index is 3490. The van der Waals surface area contributed by atoms with Crippen molar-refractivity contribution >= 4 is 68.3 Å². The number of hydrogen-bond donors (Lipinski definition) is 2. The van der Waals surface area contributed by atoms with Crippen molar-refractivity contribution in [2.75, 3.05) is 36.0 Å². The highest BCUT2D eigenvalue weighted by Gasteiger charge is 2.42. The lowest BCUT2D eigenvalue weighted by Crippen LogP contribution is -2.29. The Hall–Kier alpha value is -7.56. The number of rotatable bonds is 15. The van der Waals surface area contributed by atoms with Crippen LogP contribution in [0.5, 0.6) is 0 Å². The number of aliphatic carboxylic acids is 2. The highest BCUT2D eigenvalue weighted by atomic mass is 35.5. The fourth-order valence-electron chi connectivity index (χ4n) is 11.0. The van der Waals surface area contributed by atoms with E-state index in [0.717, 1.165) is 66.1 Å². The van der Waals surface area contributed by atoms with Gasteiger partial charge < -0.3 is 20.0 Å². The molecule has 8 aromatic rings. The molecule has 10 rings (SSSR count). The topological polar surface area (TPSA) is 125 Å². The van der Waals surface area contributed by atoms with E-state index < -0.39 is 58.6 Å². The van der Waals surface area contributed by atoms with Gasteiger partial charge in [-0.25, -0.2) is 9.59 Å². The van der Waals surface area contributed by atoms with E-state index in [2.05, 4.69) is 0 Å². The van der Waals surface area contributed by atoms with Gasteiger partial charge in [-0.05, 0) is 92.0 Å². The van der Waals surface area contributed by atoms with Crippen molar-refractivity contribution < 1.29 is 46.1 Å². The number of anilines is 2. The fraction of sp³-hybridized carbons (Fsp3) is 0.241. The molecule has 2 atom stereocenters. The molecular weight excluding hydrogens is 1030 g/mol. The molecule has 0 spiro atoms. The first-order valence-electron chi connectivity index (χ1n) is 24.5. The Morgan fingerprint density at radius 3 is 1.26 bits per heavy atom. The van der Waals surface area contributed by atoms with Crippen molar-refractivity contribution in [2.24, 2.45) is 0 Å². The zero-order valence-electron chi connectivity index (χ0n) is 40.3. The number of hydrogen-bond acceptors (Lipinski definition) is 6. The number of alkyl halides is 6. The van der Waals surface area contributed by atoms with Crippen LogP contribution in [0.3, 0.4) is 0 Å². The summed E-state index contributed by atoms with van der Waals surface area (Å²) in [6.07, 6.45) is -7.63. The van der Waals surface area contributed by atoms with Gasteiger partial charge in [-0.3, -0.25) is 18.7 Å². The van der Waals surface area contributed by atoms with E-state index in [1.54, 1.807) is 9.80 Å². The van der Waals surface area contributed by atoms with Crippen LogP contribution in [0, 0.1) is 0 Å². The van der Waals surface area contributed by atoms with Crippen LogP contribution in [-0.2, 0) is 34.8 Å². The summed E-state index contributed by atoms with van der Waals surface area (Å²) in [4.78, 5) is 57.8. The van der Waals surface area contributed by atoms with Gasteiger partial charge in [0.1, 0.15) is 21.7 Å². The van der Waals surface area contributed by atoms with Crippen LogP contribution in [0.2, 0.25) is 10.0 Å². The molecule has 18 heteroatoms. The average Bonchev–Trinajstić information content (AvgIpc) is 3.98. The van der Waals surface area contributed by atoms with Gasteiger partial charge in [-0.15, -0.1) is 0 Å². The summed E-state index contributed by atoms with van der Waals surface area (Å²) < 4.78 is 88.1. The van der Waals surface area contributed by atoms with Crippen LogP contribution in [0.1, 0.15) is 71.1 Å². The van der Waals surface area contributed by atoms with Crippen molar-refractivity contribution in [1.29, 1.82) is 0 Å². The van der Waals surface area contributed by atoms with Gasteiger partial charge in [0.2, 0.25) is 0 Å². The number of aromatic nitrogens is 2. The third-order valence-corrected chi connectivity index (χ3v) is 15.3. The third-order valence-electron chi connectivity index (χ3n) is 14.5. The fourth-order valence-corrected chi connectivity index (χ4v) is 11.5. The summed E-state index contributed by atoms with van der Waals surface area (Å²) in [7, 11) is 0. The molecule has 0 bridgehead atoms. The van der Waals surface area contributed by atoms with Crippen LogP contribution in [0.15, 0.2) is 143 Å². The van der Waals surface area contributed by atoms with E-state index in [4.69, 9.17) is 23.2 Å². The van der Waals surface area contributed by atoms with E-state index in [9.17, 15) is 55.7 Å². The maximum atomic E-state index is 14.3. The summed E-state index contributed by atoms with van der Waals surface area (Å²) in [6, 6.07) is 32.5. The first-order valence-corrected chi connectivity index (χ1v) is 25.2. The van der Waals surface area contributed by atoms with E-state index in [0.29, 0.717) is 25.7 Å². The molecule has 76 heavy (non-hydrogen) atoms. The number of fused-ring (bicyclic) bond motifs is 4. The largest absolute Gasteiger partial charge is 0.480 e. The molecule has 2 aliphatic heterocycles. The molecule has 2 unspecified atom stereocenters. The minimum atomic E-state index is -4.73. The molecule has 6 aromatic carbocycles. The molecular formula is C58H46Cl2F6N4O6. The van der Waals surface area contributed by atoms with E-state index in [-0.39, 0.29) is 94.1 Å². The Morgan fingerprint density at radius 2 is 0.882 bits per heavy atom. The first-order chi connectivity index (χ1) is 36.3. The number of pyridine rings is 2. The highest BCUT2D eigenvalue weighted by molar-refractivity contribution is 6.32. The Kier molecular flexibility index (Phi) is 14.0. The maximum absolute atomic E-state index is 14.3. The smallest absolute Gasteiger partial charge is 0.416 e. The summed E-state index contributed by atoms with van der Waals surface area (Å²) in [6.45, 7) is -0.0442. The lowest BCUT2D eigenvalue weighted by molar-refractivity contribution is -0.141. The predicted molar refractivity (Wildman–Crippen MR) is 282 cm³/mol. The number of halogens is 8. The SMILES string of the molecule is O=C(O)C1CN(CCCCCCN2CC(C(=O)O)n3c2c(-c2cccc(C(F)(F)F)c2)c(Cc2cccc4ccccc24)c(Cl)c3=O)c2c(-c3cccc(C(F)(F)F)c3)c(Cc3cccc4ccccc34)c(Cl)c(=O)n21. The second-order valence-electron chi connectivity index (χ2n) is 19.1. The van der Waals surface area contributed by atoms with E-state index in [1.807, 2.05) is 84.9 Å². The normalized spacial score (nSPS) is 15.4. The number of nitrogens with zero attached hydrogens (tertiary/aromatic N) is 4. The summed E-state index contributed by atoms with van der Waals surface area (Å²) in [5, 5.41) is 23.8. The maximum Gasteiger partial charge on any atom is 0.416 e. The van der Waals surface area contributed by atoms with Crippen molar-refractivity contribution in [2.45, 2.75) is 63.0 Å². The molecule has 2 aromatic heterocycles. The molecule has 0 aliphatic carbocycles. The number of carboxylic acids is 2. The molecule has 2 N–H and O–H groups in total. The van der Waals surface area contributed by atoms with Gasteiger partial charge >= 0.3 is 24.3 Å². The van der Waals surface area contributed by atoms with Gasteiger partial charge in [0.05, 0.1) is 24.2 Å². The van der Waals surface area contributed by atoms with E-state index >= 15 is 0 Å². The van der Waals surface area contributed by atoms with E-state index in [1.165, 1.54) is 24.3 Å². The highest BCUT2D eigenvalue weighted by Crippen LogP contribution is 2.46. The minimum absolute atomic E-state index is 0.0290. The van der Waals surface area contributed by atoms with Crippen LogP contribution in [0.4, 0.5) is 38.0 Å². The molecule has 0 radical (unpaired) electrons. The van der Waals surface area contributed by atoms with Gasteiger partial charge in [0, 0.05) is 37.1 Å². The standard InChI is InChI=1S/C58H46Cl2F6N4O6/c59-49-43(29-35-17-9-15-33-13-3-5-23-41(33)35)47(37-19-11-21-39(27-37)57(61,62)63)51-67(31-45(55(73)74)69(51)53(49)71)25-7-1-2-8-26-68-32-46(56(75)76)70-52(68)48(38-20-12-22-40(28-38)58(64,65)66)44(50(60)54(70)72)30-36-18-10-16-34-14-4-6-24-42(34)36/h3-6,9-24,27-28,45-46H,1-2,7-8,25-26,29-32H2,(H,73,74)(H,75,76). The number of benzene rings is 6. The van der Waals surface area contributed by atoms with Gasteiger partial charge in [0.15, 0.2) is 12.1 Å². The van der Waals surface area contributed by atoms with Crippen molar-refractivity contribution in [1.82, 2.24) is 9.13 Å². The Morgan fingerprint density at radius 1 is 0.513 bits per heavy atom. The predicted octanol–water partition coefficient (Wildman–Crippen LogP) is 13.3. The first kappa shape index (κ1) is 51.9. The monoisotopic (exact) mass is 1080 g/mol. The van der Waals surface area contributed by atoms with Crippen molar-refractivity contribution in [3.8, 4) is 22.3 Å². The molecule has 2 aliphatic rings. The van der Waals surface area contributed by atoms with Crippen LogP contribution in [-0.4, -0.2) is 57.5 Å². The third kappa shape index (κ3) is 9.68. The molecule has 390 valence electrons. The lowest BCUT2D eigenvalue weighted by atomic mass is 9.92. The average molecular weight is 1080 g/mol. The van der Waals surface area contributed by atoms with Crippen molar-refractivity contribution in [3.63, 3.8) is 0 Å². The van der Waals surface area contributed by atoms with Gasteiger partial charge in [-0.1, -0.05) is 145 Å². The molecule has 0 saturated heterocycles. The Labute approximate surface area is 440 Å². The minimum Gasteiger partial charge on any atom is -0.480 e. The zero-order valence-corrected chi connectivity index (χ0v) is 41.8.